The van der Waals surface area contributed by atoms with E-state index in [4.69, 9.17) is 4.74 Å². The van der Waals surface area contributed by atoms with Gasteiger partial charge in [-0.3, -0.25) is 14.9 Å². The standard InChI is InChI=1S/C25H19FN2O4/c1-16-4-2-7-20(12-16)28-24(30)22(23(29)27-25(28)31)14-17-8-10-21(11-9-17)32-15-18-5-3-6-19(26)13-18/h2-14H,15H2,1H3,(H,27,29,31)/b22-14+. The lowest BCUT2D eigenvalue weighted by Gasteiger charge is -2.26. The zero-order valence-electron chi connectivity index (χ0n) is 17.2. The second-order valence-electron chi connectivity index (χ2n) is 7.28. The van der Waals surface area contributed by atoms with Gasteiger partial charge >= 0.3 is 6.03 Å². The van der Waals surface area contributed by atoms with E-state index < -0.39 is 17.8 Å². The maximum Gasteiger partial charge on any atom is 0.335 e. The van der Waals surface area contributed by atoms with Crippen LogP contribution in [0.25, 0.3) is 6.08 Å². The van der Waals surface area contributed by atoms with Crippen molar-refractivity contribution in [3.8, 4) is 5.75 Å². The number of aryl methyl sites for hydroxylation is 1. The molecule has 0 unspecified atom stereocenters. The molecule has 1 heterocycles. The molecule has 3 aromatic rings. The molecule has 3 aromatic carbocycles. The second-order valence-corrected chi connectivity index (χ2v) is 7.28. The van der Waals surface area contributed by atoms with Crippen molar-refractivity contribution < 1.29 is 23.5 Å². The largest absolute Gasteiger partial charge is 0.489 e. The summed E-state index contributed by atoms with van der Waals surface area (Å²) in [5.41, 5.74) is 2.38. The lowest BCUT2D eigenvalue weighted by atomic mass is 10.1. The van der Waals surface area contributed by atoms with Gasteiger partial charge in [-0.1, -0.05) is 36.4 Å². The molecule has 1 aliphatic rings. The number of halogens is 1. The number of benzene rings is 3. The van der Waals surface area contributed by atoms with Gasteiger partial charge < -0.3 is 4.74 Å². The molecule has 0 radical (unpaired) electrons. The number of ether oxygens (including phenoxy) is 1. The van der Waals surface area contributed by atoms with Gasteiger partial charge in [-0.25, -0.2) is 14.1 Å². The van der Waals surface area contributed by atoms with E-state index in [9.17, 15) is 18.8 Å². The number of hydrogen-bond acceptors (Lipinski definition) is 4. The molecule has 1 saturated heterocycles. The fourth-order valence-electron chi connectivity index (χ4n) is 3.28. The number of carbonyl (C=O) groups is 3. The molecule has 1 aliphatic heterocycles. The molecular formula is C25H19FN2O4. The average molecular weight is 430 g/mol. The van der Waals surface area contributed by atoms with Gasteiger partial charge in [-0.05, 0) is 66.1 Å². The summed E-state index contributed by atoms with van der Waals surface area (Å²) >= 11 is 0. The highest BCUT2D eigenvalue weighted by molar-refractivity contribution is 6.39. The van der Waals surface area contributed by atoms with Gasteiger partial charge in [0.1, 0.15) is 23.7 Å². The molecule has 1 N–H and O–H groups in total. The summed E-state index contributed by atoms with van der Waals surface area (Å²) in [7, 11) is 0. The molecule has 4 amide bonds. The average Bonchev–Trinajstić information content (AvgIpc) is 2.76. The van der Waals surface area contributed by atoms with Gasteiger partial charge in [-0.2, -0.15) is 0 Å². The zero-order chi connectivity index (χ0) is 22.7. The Bertz CT molecular complexity index is 1230. The summed E-state index contributed by atoms with van der Waals surface area (Å²) in [4.78, 5) is 38.5. The molecule has 0 bridgehead atoms. The zero-order valence-corrected chi connectivity index (χ0v) is 17.2. The van der Waals surface area contributed by atoms with Crippen LogP contribution in [0.15, 0.2) is 78.4 Å². The van der Waals surface area contributed by atoms with Crippen LogP contribution in [0, 0.1) is 12.7 Å². The van der Waals surface area contributed by atoms with Gasteiger partial charge in [0.2, 0.25) is 0 Å². The lowest BCUT2D eigenvalue weighted by Crippen LogP contribution is -2.54. The molecule has 1 fully saturated rings. The third-order valence-corrected chi connectivity index (χ3v) is 4.85. The number of anilines is 1. The van der Waals surface area contributed by atoms with Crippen LogP contribution in [-0.2, 0) is 16.2 Å². The number of nitrogens with one attached hydrogen (secondary N) is 1. The topological polar surface area (TPSA) is 75.7 Å². The third-order valence-electron chi connectivity index (χ3n) is 4.85. The molecular weight excluding hydrogens is 411 g/mol. The number of urea groups is 1. The first-order valence-corrected chi connectivity index (χ1v) is 9.86. The quantitative estimate of drug-likeness (QED) is 0.482. The van der Waals surface area contributed by atoms with Crippen molar-refractivity contribution in [2.75, 3.05) is 4.90 Å². The molecule has 160 valence electrons. The van der Waals surface area contributed by atoms with Crippen LogP contribution in [0.2, 0.25) is 0 Å². The fourth-order valence-corrected chi connectivity index (χ4v) is 3.28. The van der Waals surface area contributed by atoms with Crippen molar-refractivity contribution in [1.29, 1.82) is 0 Å². The molecule has 0 saturated carbocycles. The molecule has 32 heavy (non-hydrogen) atoms. The molecule has 0 aliphatic carbocycles. The first-order chi connectivity index (χ1) is 15.4. The van der Waals surface area contributed by atoms with E-state index >= 15 is 0 Å². The maximum absolute atomic E-state index is 13.3. The lowest BCUT2D eigenvalue weighted by molar-refractivity contribution is -0.122. The predicted molar refractivity (Wildman–Crippen MR) is 117 cm³/mol. The smallest absolute Gasteiger partial charge is 0.335 e. The Morgan fingerprint density at radius 3 is 2.44 bits per heavy atom. The van der Waals surface area contributed by atoms with E-state index in [2.05, 4.69) is 5.32 Å². The van der Waals surface area contributed by atoms with Crippen molar-refractivity contribution in [2.24, 2.45) is 0 Å². The number of barbiturate groups is 1. The summed E-state index contributed by atoms with van der Waals surface area (Å²) in [6.45, 7) is 2.04. The second kappa shape index (κ2) is 8.85. The van der Waals surface area contributed by atoms with Crippen molar-refractivity contribution in [1.82, 2.24) is 5.32 Å². The minimum atomic E-state index is -0.788. The number of carbonyl (C=O) groups excluding carboxylic acids is 3. The Kier molecular flexibility index (Phi) is 5.81. The van der Waals surface area contributed by atoms with Crippen LogP contribution in [0.3, 0.4) is 0 Å². The van der Waals surface area contributed by atoms with E-state index in [1.54, 1.807) is 54.6 Å². The SMILES string of the molecule is Cc1cccc(N2C(=O)NC(=O)/C(=C\c3ccc(OCc4cccc(F)c4)cc3)C2=O)c1. The Morgan fingerprint density at radius 1 is 0.969 bits per heavy atom. The van der Waals surface area contributed by atoms with E-state index in [0.29, 0.717) is 22.6 Å². The minimum absolute atomic E-state index is 0.153. The van der Waals surface area contributed by atoms with Crippen molar-refractivity contribution in [2.45, 2.75) is 13.5 Å². The Balaban J connectivity index is 1.52. The van der Waals surface area contributed by atoms with Gasteiger partial charge in [0, 0.05) is 0 Å². The normalized spacial score (nSPS) is 15.1. The van der Waals surface area contributed by atoms with Crippen molar-refractivity contribution >= 4 is 29.6 Å². The van der Waals surface area contributed by atoms with Crippen LogP contribution in [-0.4, -0.2) is 17.8 Å². The molecule has 0 aromatic heterocycles. The summed E-state index contributed by atoms with van der Waals surface area (Å²) in [5.74, 6) is -1.24. The van der Waals surface area contributed by atoms with Gasteiger partial charge in [0.15, 0.2) is 0 Å². The van der Waals surface area contributed by atoms with Gasteiger partial charge in [0.25, 0.3) is 11.8 Å². The first kappa shape index (κ1) is 21.0. The number of imide groups is 2. The Labute approximate surface area is 183 Å². The highest BCUT2D eigenvalue weighted by Crippen LogP contribution is 2.23. The number of amides is 4. The number of hydrogen-bond donors (Lipinski definition) is 1. The Hall–Kier alpha value is -4.26. The van der Waals surface area contributed by atoms with Gasteiger partial charge in [-0.15, -0.1) is 0 Å². The van der Waals surface area contributed by atoms with Crippen LogP contribution in [0.4, 0.5) is 14.9 Å². The monoisotopic (exact) mass is 430 g/mol. The molecule has 4 rings (SSSR count). The highest BCUT2D eigenvalue weighted by Gasteiger charge is 2.36. The van der Waals surface area contributed by atoms with Crippen molar-refractivity contribution in [3.63, 3.8) is 0 Å². The van der Waals surface area contributed by atoms with E-state index in [1.807, 2.05) is 13.0 Å². The summed E-state index contributed by atoms with van der Waals surface area (Å²) in [6, 6.07) is 19.0. The van der Waals surface area contributed by atoms with Crippen LogP contribution in [0.1, 0.15) is 16.7 Å². The number of rotatable bonds is 5. The third kappa shape index (κ3) is 4.57. The summed E-state index contributed by atoms with van der Waals surface area (Å²) in [6.07, 6.45) is 1.42. The summed E-state index contributed by atoms with van der Waals surface area (Å²) < 4.78 is 18.9. The maximum atomic E-state index is 13.3. The van der Waals surface area contributed by atoms with E-state index in [0.717, 1.165) is 10.5 Å². The molecule has 7 heteroatoms. The van der Waals surface area contributed by atoms with Crippen LogP contribution >= 0.6 is 0 Å². The number of nitrogens with zero attached hydrogens (tertiary/aromatic N) is 1. The molecule has 0 atom stereocenters. The molecule has 0 spiro atoms. The van der Waals surface area contributed by atoms with Crippen molar-refractivity contribution in [3.05, 3.63) is 101 Å². The van der Waals surface area contributed by atoms with E-state index in [-0.39, 0.29) is 18.0 Å². The van der Waals surface area contributed by atoms with Gasteiger partial charge in [0.05, 0.1) is 5.69 Å². The predicted octanol–water partition coefficient (Wildman–Crippen LogP) is 4.38. The fraction of sp³-hybridized carbons (Fsp3) is 0.0800. The van der Waals surface area contributed by atoms with E-state index in [1.165, 1.54) is 18.2 Å². The van der Waals surface area contributed by atoms with Crippen LogP contribution < -0.4 is 15.0 Å². The summed E-state index contributed by atoms with van der Waals surface area (Å²) in [5, 5.41) is 2.21. The first-order valence-electron chi connectivity index (χ1n) is 9.86. The van der Waals surface area contributed by atoms with Crippen LogP contribution in [0.5, 0.6) is 5.75 Å². The minimum Gasteiger partial charge on any atom is -0.489 e. The highest BCUT2D eigenvalue weighted by atomic mass is 19.1. The molecule has 6 nitrogen and oxygen atoms in total. The Morgan fingerprint density at radius 2 is 1.72 bits per heavy atom.